The summed E-state index contributed by atoms with van der Waals surface area (Å²) in [5.74, 6) is -1.26. The molecule has 0 amide bonds. The van der Waals surface area contributed by atoms with Gasteiger partial charge in [0, 0.05) is 17.4 Å². The number of halogens is 1. The van der Waals surface area contributed by atoms with Crippen LogP contribution in [-0.4, -0.2) is 47.6 Å². The molecule has 1 aliphatic rings. The Hall–Kier alpha value is -0.960. The van der Waals surface area contributed by atoms with Crippen LogP contribution in [0.2, 0.25) is 0 Å². The van der Waals surface area contributed by atoms with Crippen molar-refractivity contribution in [1.82, 2.24) is 4.31 Å². The number of nitrogens with zero attached hydrogens (tertiary/aromatic N) is 1. The van der Waals surface area contributed by atoms with E-state index in [9.17, 15) is 18.3 Å². The molecule has 0 spiro atoms. The van der Waals surface area contributed by atoms with Crippen LogP contribution in [0.1, 0.15) is 12.0 Å². The van der Waals surface area contributed by atoms with Gasteiger partial charge in [0.1, 0.15) is 6.04 Å². The minimum Gasteiger partial charge on any atom is -0.480 e. The molecule has 2 rings (SSSR count). The summed E-state index contributed by atoms with van der Waals surface area (Å²) < 4.78 is 26.3. The molecule has 110 valence electrons. The van der Waals surface area contributed by atoms with Gasteiger partial charge in [0.25, 0.3) is 0 Å². The van der Waals surface area contributed by atoms with Gasteiger partial charge in [-0.25, -0.2) is 8.42 Å². The van der Waals surface area contributed by atoms with Crippen molar-refractivity contribution in [3.05, 3.63) is 28.2 Å². The van der Waals surface area contributed by atoms with Crippen LogP contribution in [0.25, 0.3) is 0 Å². The van der Waals surface area contributed by atoms with E-state index in [1.807, 2.05) is 6.92 Å². The van der Waals surface area contributed by atoms with Gasteiger partial charge >= 0.3 is 5.97 Å². The van der Waals surface area contributed by atoms with Crippen molar-refractivity contribution in [1.29, 1.82) is 0 Å². The summed E-state index contributed by atoms with van der Waals surface area (Å²) in [6.45, 7) is 1.61. The van der Waals surface area contributed by atoms with Gasteiger partial charge in [0.15, 0.2) is 0 Å². The maximum Gasteiger partial charge on any atom is 0.322 e. The number of carboxylic acid groups (broad SMARTS) is 1. The summed E-state index contributed by atoms with van der Waals surface area (Å²) in [5.41, 5.74) is 0.882. The molecule has 0 bridgehead atoms. The second-order valence-electron chi connectivity index (χ2n) is 4.75. The first kappa shape index (κ1) is 15.4. The monoisotopic (exact) mass is 363 g/mol. The Morgan fingerprint density at radius 2 is 2.10 bits per heavy atom. The second-order valence-corrected chi connectivity index (χ2v) is 7.47. The number of aliphatic hydroxyl groups excluding tert-OH is 1. The number of aliphatic hydroxyl groups is 1. The molecule has 1 saturated heterocycles. The highest BCUT2D eigenvalue weighted by molar-refractivity contribution is 9.10. The number of sulfonamides is 1. The topological polar surface area (TPSA) is 94.9 Å². The van der Waals surface area contributed by atoms with Crippen LogP contribution in [0.5, 0.6) is 0 Å². The largest absolute Gasteiger partial charge is 0.480 e. The van der Waals surface area contributed by atoms with E-state index in [0.717, 1.165) is 9.87 Å². The molecule has 2 atom stereocenters. The number of benzene rings is 1. The SMILES string of the molecule is Cc1ccc(S(=O)(=O)N2C[C@H](O)C[C@@H]2C(=O)O)c(Br)c1. The predicted octanol–water partition coefficient (Wildman–Crippen LogP) is 0.966. The van der Waals surface area contributed by atoms with Crippen molar-refractivity contribution >= 4 is 31.9 Å². The first-order valence-corrected chi connectivity index (χ1v) is 8.15. The molecule has 0 aromatic heterocycles. The Kier molecular flexibility index (Phi) is 4.19. The molecular formula is C12H14BrNO5S. The van der Waals surface area contributed by atoms with Gasteiger partial charge in [-0.2, -0.15) is 4.31 Å². The van der Waals surface area contributed by atoms with Crippen molar-refractivity contribution in [3.63, 3.8) is 0 Å². The highest BCUT2D eigenvalue weighted by atomic mass is 79.9. The Bertz CT molecular complexity index is 645. The van der Waals surface area contributed by atoms with Gasteiger partial charge in [-0.3, -0.25) is 4.79 Å². The van der Waals surface area contributed by atoms with Crippen LogP contribution in [0.15, 0.2) is 27.6 Å². The number of β-amino-alcohol motifs (C(OH)–C–C–N with tert-alkyl or cyclic N) is 1. The lowest BCUT2D eigenvalue weighted by Gasteiger charge is -2.21. The molecule has 1 aromatic carbocycles. The summed E-state index contributed by atoms with van der Waals surface area (Å²) in [4.78, 5) is 11.1. The van der Waals surface area contributed by atoms with Crippen LogP contribution >= 0.6 is 15.9 Å². The molecule has 1 heterocycles. The van der Waals surface area contributed by atoms with E-state index in [1.165, 1.54) is 6.07 Å². The second kappa shape index (κ2) is 5.44. The standard InChI is InChI=1S/C12H14BrNO5S/c1-7-2-3-11(9(13)4-7)20(18,19)14-6-8(15)5-10(14)12(16)17/h2-4,8,10,15H,5-6H2,1H3,(H,16,17)/t8-,10-/m1/s1. The molecule has 0 saturated carbocycles. The van der Waals surface area contributed by atoms with Gasteiger partial charge in [-0.1, -0.05) is 6.07 Å². The van der Waals surface area contributed by atoms with Crippen molar-refractivity contribution in [2.24, 2.45) is 0 Å². The molecule has 6 nitrogen and oxygen atoms in total. The fourth-order valence-electron chi connectivity index (χ4n) is 2.22. The van der Waals surface area contributed by atoms with Gasteiger partial charge in [-0.15, -0.1) is 0 Å². The first-order chi connectivity index (χ1) is 9.23. The van der Waals surface area contributed by atoms with Crippen LogP contribution in [0.4, 0.5) is 0 Å². The number of carbonyl (C=O) groups is 1. The number of carboxylic acids is 1. The maximum absolute atomic E-state index is 12.5. The Morgan fingerprint density at radius 3 is 2.65 bits per heavy atom. The highest BCUT2D eigenvalue weighted by Crippen LogP contribution is 2.31. The molecule has 1 aromatic rings. The summed E-state index contributed by atoms with van der Waals surface area (Å²) in [6.07, 6.45) is -1.06. The van der Waals surface area contributed by atoms with Gasteiger partial charge in [0.05, 0.1) is 11.0 Å². The van der Waals surface area contributed by atoms with Crippen molar-refractivity contribution in [3.8, 4) is 0 Å². The smallest absolute Gasteiger partial charge is 0.322 e. The third-order valence-electron chi connectivity index (χ3n) is 3.19. The Labute approximate surface area is 125 Å². The van der Waals surface area contributed by atoms with Crippen molar-refractivity contribution in [2.75, 3.05) is 6.54 Å². The Morgan fingerprint density at radius 1 is 1.45 bits per heavy atom. The summed E-state index contributed by atoms with van der Waals surface area (Å²) in [6, 6.07) is 3.48. The lowest BCUT2D eigenvalue weighted by Crippen LogP contribution is -2.40. The lowest BCUT2D eigenvalue weighted by molar-refractivity contribution is -0.140. The molecule has 2 N–H and O–H groups in total. The molecule has 1 fully saturated rings. The van der Waals surface area contributed by atoms with Crippen molar-refractivity contribution in [2.45, 2.75) is 30.4 Å². The minimum atomic E-state index is -3.97. The fraction of sp³-hybridized carbons (Fsp3) is 0.417. The van der Waals surface area contributed by atoms with Crippen LogP contribution in [0, 0.1) is 6.92 Å². The van der Waals surface area contributed by atoms with E-state index >= 15 is 0 Å². The van der Waals surface area contributed by atoms with E-state index in [4.69, 9.17) is 5.11 Å². The first-order valence-electron chi connectivity index (χ1n) is 5.92. The summed E-state index contributed by atoms with van der Waals surface area (Å²) in [7, 11) is -3.97. The molecule has 20 heavy (non-hydrogen) atoms. The summed E-state index contributed by atoms with van der Waals surface area (Å²) in [5, 5.41) is 18.7. The number of hydrogen-bond acceptors (Lipinski definition) is 4. The number of hydrogen-bond donors (Lipinski definition) is 2. The van der Waals surface area contributed by atoms with E-state index < -0.39 is 28.1 Å². The number of aliphatic carboxylic acids is 1. The third-order valence-corrected chi connectivity index (χ3v) is 6.04. The van der Waals surface area contributed by atoms with Crippen LogP contribution in [-0.2, 0) is 14.8 Å². The molecular weight excluding hydrogens is 350 g/mol. The molecule has 0 radical (unpaired) electrons. The van der Waals surface area contributed by atoms with E-state index in [0.29, 0.717) is 4.47 Å². The normalized spacial score (nSPS) is 23.9. The van der Waals surface area contributed by atoms with Gasteiger partial charge in [0.2, 0.25) is 10.0 Å². The molecule has 1 aliphatic heterocycles. The lowest BCUT2D eigenvalue weighted by atomic mass is 10.2. The zero-order valence-corrected chi connectivity index (χ0v) is 13.1. The number of rotatable bonds is 3. The molecule has 0 unspecified atom stereocenters. The summed E-state index contributed by atoms with van der Waals surface area (Å²) >= 11 is 3.19. The average Bonchev–Trinajstić information content (AvgIpc) is 2.71. The third kappa shape index (κ3) is 2.73. The van der Waals surface area contributed by atoms with Crippen LogP contribution in [0.3, 0.4) is 0 Å². The van der Waals surface area contributed by atoms with Gasteiger partial charge < -0.3 is 10.2 Å². The molecule has 8 heteroatoms. The zero-order valence-electron chi connectivity index (χ0n) is 10.7. The van der Waals surface area contributed by atoms with Crippen molar-refractivity contribution < 1.29 is 23.4 Å². The Balaban J connectivity index is 2.46. The average molecular weight is 364 g/mol. The van der Waals surface area contributed by atoms with Crippen LogP contribution < -0.4 is 0 Å². The van der Waals surface area contributed by atoms with E-state index in [1.54, 1.807) is 12.1 Å². The minimum absolute atomic E-state index is 0.00319. The number of aryl methyl sites for hydroxylation is 1. The fourth-order valence-corrected chi connectivity index (χ4v) is 5.00. The molecule has 0 aliphatic carbocycles. The highest BCUT2D eigenvalue weighted by Gasteiger charge is 2.44. The van der Waals surface area contributed by atoms with Gasteiger partial charge in [-0.05, 0) is 40.5 Å². The van der Waals surface area contributed by atoms with E-state index in [2.05, 4.69) is 15.9 Å². The quantitative estimate of drug-likeness (QED) is 0.833. The predicted molar refractivity (Wildman–Crippen MR) is 74.8 cm³/mol. The zero-order chi connectivity index (χ0) is 15.1. The van der Waals surface area contributed by atoms with E-state index in [-0.39, 0.29) is 17.9 Å². The maximum atomic E-state index is 12.5.